The first-order chi connectivity index (χ1) is 9.89. The summed E-state index contributed by atoms with van der Waals surface area (Å²) in [5, 5.41) is 13.5. The molecule has 3 nitrogen and oxygen atoms in total. The fourth-order valence-corrected chi connectivity index (χ4v) is 3.31. The van der Waals surface area contributed by atoms with Gasteiger partial charge in [-0.25, -0.2) is 0 Å². The lowest BCUT2D eigenvalue weighted by atomic mass is 9.88. The van der Waals surface area contributed by atoms with Gasteiger partial charge >= 0.3 is 0 Å². The van der Waals surface area contributed by atoms with Crippen molar-refractivity contribution in [1.82, 2.24) is 10.2 Å². The maximum atomic E-state index is 9.97. The number of hydrogen-bond donors (Lipinski definition) is 1. The standard InChI is InChI=1S/C18H27N3/c1-15(2)20-18(13-19,16-9-6-5-7-10-16)14-21-12-8-11-17(21,3)4/h5-7,9-10,15,20H,8,11-12,14H2,1-4H3. The lowest BCUT2D eigenvalue weighted by Gasteiger charge is -2.40. The Labute approximate surface area is 129 Å². The van der Waals surface area contributed by atoms with Crippen molar-refractivity contribution in [3.8, 4) is 6.07 Å². The SMILES string of the molecule is CC(C)NC(C#N)(CN1CCCC1(C)C)c1ccccc1. The molecule has 0 aromatic heterocycles. The molecule has 1 aromatic rings. The summed E-state index contributed by atoms with van der Waals surface area (Å²) < 4.78 is 0. The molecule has 0 spiro atoms. The van der Waals surface area contributed by atoms with Crippen LogP contribution in [-0.2, 0) is 5.54 Å². The van der Waals surface area contributed by atoms with Crippen LogP contribution < -0.4 is 5.32 Å². The predicted octanol–water partition coefficient (Wildman–Crippen LogP) is 3.28. The van der Waals surface area contributed by atoms with Gasteiger partial charge < -0.3 is 0 Å². The summed E-state index contributed by atoms with van der Waals surface area (Å²) in [6, 6.07) is 13.0. The molecule has 0 aliphatic carbocycles. The van der Waals surface area contributed by atoms with E-state index in [-0.39, 0.29) is 11.6 Å². The second kappa shape index (κ2) is 6.17. The maximum absolute atomic E-state index is 9.97. The van der Waals surface area contributed by atoms with Crippen LogP contribution in [0.25, 0.3) is 0 Å². The molecule has 0 radical (unpaired) electrons. The van der Waals surface area contributed by atoms with E-state index < -0.39 is 5.54 Å². The Morgan fingerprint density at radius 1 is 1.33 bits per heavy atom. The minimum atomic E-state index is -0.642. The topological polar surface area (TPSA) is 39.1 Å². The Hall–Kier alpha value is -1.37. The Bertz CT molecular complexity index is 501. The van der Waals surface area contributed by atoms with Crippen LogP contribution >= 0.6 is 0 Å². The highest BCUT2D eigenvalue weighted by Crippen LogP contribution is 2.32. The third-order valence-corrected chi connectivity index (χ3v) is 4.49. The first-order valence-electron chi connectivity index (χ1n) is 7.89. The van der Waals surface area contributed by atoms with Gasteiger partial charge in [0.1, 0.15) is 5.54 Å². The van der Waals surface area contributed by atoms with Gasteiger partial charge in [-0.05, 0) is 52.6 Å². The zero-order valence-corrected chi connectivity index (χ0v) is 13.7. The maximum Gasteiger partial charge on any atom is 0.145 e. The van der Waals surface area contributed by atoms with Crippen LogP contribution in [0.15, 0.2) is 30.3 Å². The van der Waals surface area contributed by atoms with Gasteiger partial charge in [0, 0.05) is 18.1 Å². The van der Waals surface area contributed by atoms with E-state index in [0.29, 0.717) is 0 Å². The number of nitrogens with zero attached hydrogens (tertiary/aromatic N) is 2. The summed E-state index contributed by atoms with van der Waals surface area (Å²) in [4.78, 5) is 2.46. The Morgan fingerprint density at radius 3 is 2.48 bits per heavy atom. The summed E-state index contributed by atoms with van der Waals surface area (Å²) in [5.74, 6) is 0. The van der Waals surface area contributed by atoms with Crippen molar-refractivity contribution in [3.05, 3.63) is 35.9 Å². The van der Waals surface area contributed by atoms with Crippen LogP contribution in [0.2, 0.25) is 0 Å². The highest BCUT2D eigenvalue weighted by atomic mass is 15.2. The van der Waals surface area contributed by atoms with Crippen molar-refractivity contribution in [3.63, 3.8) is 0 Å². The first kappa shape index (κ1) is 16.0. The van der Waals surface area contributed by atoms with Crippen molar-refractivity contribution < 1.29 is 0 Å². The highest BCUT2D eigenvalue weighted by molar-refractivity contribution is 5.32. The van der Waals surface area contributed by atoms with E-state index >= 15 is 0 Å². The van der Waals surface area contributed by atoms with E-state index in [1.54, 1.807) is 0 Å². The van der Waals surface area contributed by atoms with Gasteiger partial charge in [-0.15, -0.1) is 0 Å². The quantitative estimate of drug-likeness (QED) is 0.902. The third kappa shape index (κ3) is 3.45. The fraction of sp³-hybridized carbons (Fsp3) is 0.611. The molecule has 21 heavy (non-hydrogen) atoms. The molecule has 0 saturated carbocycles. The molecule has 3 heteroatoms. The van der Waals surface area contributed by atoms with Crippen molar-refractivity contribution in [1.29, 1.82) is 5.26 Å². The molecular weight excluding hydrogens is 258 g/mol. The third-order valence-electron chi connectivity index (χ3n) is 4.49. The molecule has 1 aliphatic heterocycles. The number of likely N-dealkylation sites (tertiary alicyclic amines) is 1. The van der Waals surface area contributed by atoms with Gasteiger partial charge in [-0.2, -0.15) is 5.26 Å². The van der Waals surface area contributed by atoms with Gasteiger partial charge in [-0.3, -0.25) is 10.2 Å². The molecule has 1 saturated heterocycles. The normalized spacial score (nSPS) is 21.1. The number of hydrogen-bond acceptors (Lipinski definition) is 3. The van der Waals surface area contributed by atoms with Crippen LogP contribution in [0.4, 0.5) is 0 Å². The zero-order valence-electron chi connectivity index (χ0n) is 13.7. The van der Waals surface area contributed by atoms with Crippen molar-refractivity contribution in [2.24, 2.45) is 0 Å². The van der Waals surface area contributed by atoms with E-state index in [1.165, 1.54) is 12.8 Å². The monoisotopic (exact) mass is 285 g/mol. The van der Waals surface area contributed by atoms with E-state index in [2.05, 4.69) is 56.1 Å². The van der Waals surface area contributed by atoms with Crippen LogP contribution in [0.1, 0.15) is 46.1 Å². The molecule has 1 heterocycles. The van der Waals surface area contributed by atoms with E-state index in [9.17, 15) is 5.26 Å². The predicted molar refractivity (Wildman–Crippen MR) is 86.9 cm³/mol. The fourth-order valence-electron chi connectivity index (χ4n) is 3.31. The summed E-state index contributed by atoms with van der Waals surface area (Å²) in [6.45, 7) is 10.6. The van der Waals surface area contributed by atoms with E-state index in [4.69, 9.17) is 0 Å². The minimum Gasteiger partial charge on any atom is -0.295 e. The Balaban J connectivity index is 2.34. The van der Waals surface area contributed by atoms with Crippen LogP contribution in [0, 0.1) is 11.3 Å². The zero-order chi connectivity index (χ0) is 15.5. The molecule has 1 fully saturated rings. The van der Waals surface area contributed by atoms with Crippen LogP contribution in [0.3, 0.4) is 0 Å². The van der Waals surface area contributed by atoms with Gasteiger partial charge in [0.05, 0.1) is 6.07 Å². The van der Waals surface area contributed by atoms with Crippen molar-refractivity contribution in [2.75, 3.05) is 13.1 Å². The smallest absolute Gasteiger partial charge is 0.145 e. The summed E-state index contributed by atoms with van der Waals surface area (Å²) in [6.07, 6.45) is 2.41. The molecule has 114 valence electrons. The number of benzene rings is 1. The molecule has 1 aromatic carbocycles. The number of rotatable bonds is 5. The van der Waals surface area contributed by atoms with Crippen LogP contribution in [-0.4, -0.2) is 29.6 Å². The molecule has 1 unspecified atom stereocenters. The second-order valence-corrected chi connectivity index (χ2v) is 7.02. The Morgan fingerprint density at radius 2 is 2.00 bits per heavy atom. The van der Waals surface area contributed by atoms with Crippen LogP contribution in [0.5, 0.6) is 0 Å². The van der Waals surface area contributed by atoms with Gasteiger partial charge in [-0.1, -0.05) is 30.3 Å². The second-order valence-electron chi connectivity index (χ2n) is 7.02. The van der Waals surface area contributed by atoms with E-state index in [1.807, 2.05) is 18.2 Å². The lowest BCUT2D eigenvalue weighted by Crippen LogP contribution is -2.55. The van der Waals surface area contributed by atoms with Crippen molar-refractivity contribution in [2.45, 2.75) is 57.7 Å². The Kier molecular flexibility index (Phi) is 4.70. The molecule has 0 amide bonds. The van der Waals surface area contributed by atoms with Crippen molar-refractivity contribution >= 4 is 0 Å². The molecule has 1 atom stereocenters. The average Bonchev–Trinajstić information content (AvgIpc) is 2.77. The molecule has 2 rings (SSSR count). The summed E-state index contributed by atoms with van der Waals surface area (Å²) in [7, 11) is 0. The molecule has 1 N–H and O–H groups in total. The highest BCUT2D eigenvalue weighted by Gasteiger charge is 2.41. The molecule has 0 bridgehead atoms. The average molecular weight is 285 g/mol. The minimum absolute atomic E-state index is 0.176. The number of nitriles is 1. The number of nitrogens with one attached hydrogen (secondary N) is 1. The van der Waals surface area contributed by atoms with Gasteiger partial charge in [0.15, 0.2) is 0 Å². The van der Waals surface area contributed by atoms with Gasteiger partial charge in [0.25, 0.3) is 0 Å². The first-order valence-corrected chi connectivity index (χ1v) is 7.89. The largest absolute Gasteiger partial charge is 0.295 e. The van der Waals surface area contributed by atoms with Gasteiger partial charge in [0.2, 0.25) is 0 Å². The summed E-state index contributed by atoms with van der Waals surface area (Å²) in [5.41, 5.74) is 0.593. The summed E-state index contributed by atoms with van der Waals surface area (Å²) >= 11 is 0. The molecule has 1 aliphatic rings. The van der Waals surface area contributed by atoms with E-state index in [0.717, 1.165) is 18.7 Å². The lowest BCUT2D eigenvalue weighted by molar-refractivity contribution is 0.133. The molecular formula is C18H27N3.